The minimum atomic E-state index is -1.18. The number of hydrogen-bond donors (Lipinski definition) is 1. The zero-order chi connectivity index (χ0) is 13.2. The van der Waals surface area contributed by atoms with E-state index < -0.39 is 5.60 Å². The van der Waals surface area contributed by atoms with E-state index in [1.165, 1.54) is 16.9 Å². The third-order valence-corrected chi connectivity index (χ3v) is 2.95. The Morgan fingerprint density at radius 2 is 2.22 bits per heavy atom. The minimum absolute atomic E-state index is 0.209. The van der Waals surface area contributed by atoms with Crippen LogP contribution in [-0.2, 0) is 19.1 Å². The van der Waals surface area contributed by atoms with Crippen LogP contribution in [0.3, 0.4) is 0 Å². The van der Waals surface area contributed by atoms with Gasteiger partial charge in [0.2, 0.25) is 0 Å². The molecule has 5 nitrogen and oxygen atoms in total. The van der Waals surface area contributed by atoms with Crippen LogP contribution in [0.4, 0.5) is 4.39 Å². The molecule has 0 amide bonds. The first-order chi connectivity index (χ1) is 8.53. The van der Waals surface area contributed by atoms with Gasteiger partial charge in [-0.3, -0.25) is 0 Å². The third-order valence-electron chi connectivity index (χ3n) is 2.95. The van der Waals surface area contributed by atoms with Gasteiger partial charge in [-0.2, -0.15) is 4.80 Å². The predicted octanol–water partition coefficient (Wildman–Crippen LogP) is 1.19. The van der Waals surface area contributed by atoms with Crippen molar-refractivity contribution in [1.82, 2.24) is 20.2 Å². The van der Waals surface area contributed by atoms with Crippen molar-refractivity contribution in [2.45, 2.75) is 25.4 Å². The molecule has 0 radical (unpaired) electrons. The van der Waals surface area contributed by atoms with Crippen LogP contribution in [-0.4, -0.2) is 25.3 Å². The highest BCUT2D eigenvalue weighted by Gasteiger charge is 2.29. The fraction of sp³-hybridized carbons (Fsp3) is 0.417. The summed E-state index contributed by atoms with van der Waals surface area (Å²) in [5, 5.41) is 22.2. The van der Waals surface area contributed by atoms with Crippen LogP contribution in [0.15, 0.2) is 24.3 Å². The van der Waals surface area contributed by atoms with E-state index in [0.717, 1.165) is 0 Å². The first-order valence-corrected chi connectivity index (χ1v) is 5.75. The molecule has 0 bridgehead atoms. The number of rotatable bonds is 4. The predicted molar refractivity (Wildman–Crippen MR) is 63.1 cm³/mol. The van der Waals surface area contributed by atoms with E-state index in [9.17, 15) is 9.50 Å². The maximum absolute atomic E-state index is 13.2. The van der Waals surface area contributed by atoms with Crippen molar-refractivity contribution in [3.05, 3.63) is 41.5 Å². The number of nitrogens with zero attached hydrogens (tertiary/aromatic N) is 4. The summed E-state index contributed by atoms with van der Waals surface area (Å²) in [4.78, 5) is 1.33. The normalized spacial score (nSPS) is 14.4. The second-order valence-electron chi connectivity index (χ2n) is 4.27. The number of hydrogen-bond acceptors (Lipinski definition) is 4. The molecule has 0 spiro atoms. The van der Waals surface area contributed by atoms with Crippen LogP contribution in [0.2, 0.25) is 0 Å². The molecule has 1 aromatic carbocycles. The molecule has 0 aliphatic heterocycles. The highest BCUT2D eigenvalue weighted by atomic mass is 19.1. The van der Waals surface area contributed by atoms with Crippen LogP contribution >= 0.6 is 0 Å². The monoisotopic (exact) mass is 250 g/mol. The molecule has 18 heavy (non-hydrogen) atoms. The number of halogens is 1. The molecule has 0 saturated carbocycles. The minimum Gasteiger partial charge on any atom is -0.385 e. The van der Waals surface area contributed by atoms with Crippen LogP contribution < -0.4 is 0 Å². The van der Waals surface area contributed by atoms with Crippen LogP contribution in [0.25, 0.3) is 0 Å². The number of benzene rings is 1. The lowest BCUT2D eigenvalue weighted by Gasteiger charge is -2.25. The molecule has 96 valence electrons. The number of aliphatic hydroxyl groups is 1. The first kappa shape index (κ1) is 12.6. The zero-order valence-electron chi connectivity index (χ0n) is 10.3. The van der Waals surface area contributed by atoms with Crippen molar-refractivity contribution in [1.29, 1.82) is 0 Å². The van der Waals surface area contributed by atoms with Gasteiger partial charge in [0, 0.05) is 6.42 Å². The van der Waals surface area contributed by atoms with Gasteiger partial charge >= 0.3 is 0 Å². The lowest BCUT2D eigenvalue weighted by molar-refractivity contribution is 0.0303. The molecule has 2 rings (SSSR count). The molecule has 1 heterocycles. The molecular weight excluding hydrogens is 235 g/mol. The average Bonchev–Trinajstić information content (AvgIpc) is 2.74. The van der Waals surface area contributed by atoms with E-state index in [2.05, 4.69) is 15.4 Å². The standard InChI is InChI=1S/C12H15FN4O/c1-3-12(18,8-11-14-16-17(2)15-11)9-5-4-6-10(13)7-9/h4-7,18H,3,8H2,1-2H3. The summed E-state index contributed by atoms with van der Waals surface area (Å²) in [7, 11) is 1.66. The van der Waals surface area contributed by atoms with E-state index in [1.54, 1.807) is 19.2 Å². The van der Waals surface area contributed by atoms with Crippen molar-refractivity contribution < 1.29 is 9.50 Å². The zero-order valence-corrected chi connectivity index (χ0v) is 10.3. The van der Waals surface area contributed by atoms with E-state index in [1.807, 2.05) is 6.92 Å². The Kier molecular flexibility index (Phi) is 3.38. The molecule has 6 heteroatoms. The molecular formula is C12H15FN4O. The van der Waals surface area contributed by atoms with Gasteiger partial charge < -0.3 is 5.11 Å². The first-order valence-electron chi connectivity index (χ1n) is 5.75. The molecule has 1 aromatic heterocycles. The second kappa shape index (κ2) is 4.81. The lowest BCUT2D eigenvalue weighted by Crippen LogP contribution is -2.28. The fourth-order valence-corrected chi connectivity index (χ4v) is 1.86. The number of tetrazole rings is 1. The van der Waals surface area contributed by atoms with Crippen molar-refractivity contribution in [2.75, 3.05) is 0 Å². The molecule has 0 aliphatic carbocycles. The van der Waals surface area contributed by atoms with Gasteiger partial charge in [-0.25, -0.2) is 4.39 Å². The van der Waals surface area contributed by atoms with Gasteiger partial charge in [0.1, 0.15) is 5.82 Å². The van der Waals surface area contributed by atoms with E-state index >= 15 is 0 Å². The Balaban J connectivity index is 2.30. The van der Waals surface area contributed by atoms with Crippen LogP contribution in [0.5, 0.6) is 0 Å². The van der Waals surface area contributed by atoms with Gasteiger partial charge in [0.25, 0.3) is 0 Å². The molecule has 2 aromatic rings. The SMILES string of the molecule is CCC(O)(Cc1nnn(C)n1)c1cccc(F)c1. The third kappa shape index (κ3) is 2.53. The van der Waals surface area contributed by atoms with Gasteiger partial charge in [-0.15, -0.1) is 10.2 Å². The average molecular weight is 250 g/mol. The fourth-order valence-electron chi connectivity index (χ4n) is 1.86. The molecule has 0 aliphatic rings. The molecule has 0 fully saturated rings. The highest BCUT2D eigenvalue weighted by molar-refractivity contribution is 5.24. The Morgan fingerprint density at radius 1 is 1.44 bits per heavy atom. The van der Waals surface area contributed by atoms with Crippen molar-refractivity contribution in [3.63, 3.8) is 0 Å². The lowest BCUT2D eigenvalue weighted by atomic mass is 9.87. The summed E-state index contributed by atoms with van der Waals surface area (Å²) in [6.45, 7) is 1.83. The maximum atomic E-state index is 13.2. The van der Waals surface area contributed by atoms with Gasteiger partial charge in [0.05, 0.1) is 12.6 Å². The van der Waals surface area contributed by atoms with Gasteiger partial charge in [0.15, 0.2) is 5.82 Å². The number of aromatic nitrogens is 4. The van der Waals surface area contributed by atoms with Crippen molar-refractivity contribution in [3.8, 4) is 0 Å². The maximum Gasteiger partial charge on any atom is 0.178 e. The van der Waals surface area contributed by atoms with Crippen molar-refractivity contribution >= 4 is 0 Å². The van der Waals surface area contributed by atoms with Crippen LogP contribution in [0, 0.1) is 5.82 Å². The van der Waals surface area contributed by atoms with Crippen LogP contribution in [0.1, 0.15) is 24.7 Å². The van der Waals surface area contributed by atoms with E-state index in [-0.39, 0.29) is 12.2 Å². The highest BCUT2D eigenvalue weighted by Crippen LogP contribution is 2.28. The smallest absolute Gasteiger partial charge is 0.178 e. The molecule has 0 saturated heterocycles. The Bertz CT molecular complexity index is 542. The van der Waals surface area contributed by atoms with Gasteiger partial charge in [-0.1, -0.05) is 19.1 Å². The Hall–Kier alpha value is -1.82. The molecule has 1 unspecified atom stereocenters. The number of aryl methyl sites for hydroxylation is 1. The summed E-state index contributed by atoms with van der Waals surface area (Å²) < 4.78 is 13.2. The quantitative estimate of drug-likeness (QED) is 0.885. The van der Waals surface area contributed by atoms with Gasteiger partial charge in [-0.05, 0) is 29.3 Å². The molecule has 1 atom stereocenters. The topological polar surface area (TPSA) is 63.8 Å². The summed E-state index contributed by atoms with van der Waals surface area (Å²) in [6, 6.07) is 5.96. The summed E-state index contributed by atoms with van der Waals surface area (Å²) in [5.41, 5.74) is -0.650. The second-order valence-corrected chi connectivity index (χ2v) is 4.27. The van der Waals surface area contributed by atoms with E-state index in [4.69, 9.17) is 0 Å². The largest absolute Gasteiger partial charge is 0.385 e. The molecule has 1 N–H and O–H groups in total. The van der Waals surface area contributed by atoms with E-state index in [0.29, 0.717) is 17.8 Å². The Labute approximate surface area is 104 Å². The summed E-state index contributed by atoms with van der Waals surface area (Å²) >= 11 is 0. The summed E-state index contributed by atoms with van der Waals surface area (Å²) in [5.74, 6) is 0.0672. The van der Waals surface area contributed by atoms with Crippen molar-refractivity contribution in [2.24, 2.45) is 7.05 Å². The Morgan fingerprint density at radius 3 is 2.78 bits per heavy atom. The summed E-state index contributed by atoms with van der Waals surface area (Å²) in [6.07, 6.45) is 0.648.